The normalized spacial score (nSPS) is 37.9. The van der Waals surface area contributed by atoms with E-state index in [0.29, 0.717) is 6.42 Å². The number of fused-ring (bicyclic) bond motifs is 1. The number of hydrogen-bond acceptors (Lipinski definition) is 7. The summed E-state index contributed by atoms with van der Waals surface area (Å²) in [6.07, 6.45) is 7.95. The van der Waals surface area contributed by atoms with Crippen molar-refractivity contribution in [2.45, 2.75) is 75.2 Å². The monoisotopic (exact) mass is 509 g/mol. The van der Waals surface area contributed by atoms with E-state index in [0.717, 1.165) is 50.2 Å². The number of carbonyl (C=O) groups is 2. The number of esters is 1. The maximum atomic E-state index is 13.0. The Balaban J connectivity index is 1.56. The molecule has 37 heavy (non-hydrogen) atoms. The molecule has 1 aromatic rings. The number of carbonyl (C=O) groups excluding carboxylic acids is 2. The molecule has 3 aliphatic heterocycles. The summed E-state index contributed by atoms with van der Waals surface area (Å²) in [5.74, 6) is 0.326. The van der Waals surface area contributed by atoms with Crippen LogP contribution in [-0.4, -0.2) is 79.5 Å². The third kappa shape index (κ3) is 3.15. The fourth-order valence-electron chi connectivity index (χ4n) is 8.69. The van der Waals surface area contributed by atoms with Crippen molar-refractivity contribution in [1.82, 2.24) is 10.2 Å². The van der Waals surface area contributed by atoms with Crippen LogP contribution < -0.4 is 15.0 Å². The topological polar surface area (TPSA) is 91.3 Å². The predicted octanol–water partition coefficient (Wildman–Crippen LogP) is 2.38. The van der Waals surface area contributed by atoms with Crippen molar-refractivity contribution in [2.24, 2.45) is 11.3 Å². The number of anilines is 1. The molecule has 2 aliphatic carbocycles. The molecule has 3 fully saturated rings. The number of ether oxygens (including phenoxy) is 2. The average molecular weight is 510 g/mol. The van der Waals surface area contributed by atoms with Crippen LogP contribution in [0.25, 0.3) is 0 Å². The number of rotatable bonds is 6. The van der Waals surface area contributed by atoms with Crippen LogP contribution in [0.15, 0.2) is 30.4 Å². The van der Waals surface area contributed by atoms with E-state index in [2.05, 4.69) is 40.3 Å². The molecule has 2 N–H and O–H groups in total. The van der Waals surface area contributed by atoms with E-state index in [-0.39, 0.29) is 24.4 Å². The van der Waals surface area contributed by atoms with E-state index >= 15 is 0 Å². The van der Waals surface area contributed by atoms with Gasteiger partial charge in [0.2, 0.25) is 5.91 Å². The molecule has 1 amide bonds. The van der Waals surface area contributed by atoms with E-state index < -0.39 is 34.5 Å². The number of benzene rings is 1. The standard InChI is InChI=1S/C29H39N3O5/c1-5-27-12-7-14-32-15-13-28(24(27)32)21-11-10-20(36-4)16-22(21)31(3)25(28)29(35,26(27)37-18(2)33)17-30-23(34)19-8-6-9-19/h7,10-12,16,19,24-26,35H,5-6,8-9,13-15,17H2,1-4H3,(H,30,34)/t24?,25-,26-,27-,28-,29?/m1/s1. The van der Waals surface area contributed by atoms with Crippen molar-refractivity contribution in [3.63, 3.8) is 0 Å². The second-order valence-electron chi connectivity index (χ2n) is 11.8. The molecule has 0 aromatic heterocycles. The van der Waals surface area contributed by atoms with Gasteiger partial charge in [-0.05, 0) is 43.9 Å². The van der Waals surface area contributed by atoms with Crippen molar-refractivity contribution in [2.75, 3.05) is 38.7 Å². The van der Waals surface area contributed by atoms with Crippen molar-refractivity contribution in [3.05, 3.63) is 35.9 Å². The summed E-state index contributed by atoms with van der Waals surface area (Å²) in [7, 11) is 3.68. The second kappa shape index (κ2) is 8.46. The number of hydrogen-bond donors (Lipinski definition) is 2. The minimum atomic E-state index is -1.52. The van der Waals surface area contributed by atoms with E-state index in [1.54, 1.807) is 7.11 Å². The maximum Gasteiger partial charge on any atom is 0.303 e. The lowest BCUT2D eigenvalue weighted by molar-refractivity contribution is -0.217. The van der Waals surface area contributed by atoms with Crippen LogP contribution >= 0.6 is 0 Å². The molecule has 2 unspecified atom stereocenters. The first-order valence-corrected chi connectivity index (χ1v) is 13.7. The zero-order valence-corrected chi connectivity index (χ0v) is 22.3. The molecule has 6 rings (SSSR count). The number of nitrogens with one attached hydrogen (secondary N) is 1. The molecular formula is C29H39N3O5. The van der Waals surface area contributed by atoms with Gasteiger partial charge in [-0.3, -0.25) is 14.5 Å². The fraction of sp³-hybridized carbons (Fsp3) is 0.655. The highest BCUT2D eigenvalue weighted by Crippen LogP contribution is 2.67. The zero-order chi connectivity index (χ0) is 26.2. The van der Waals surface area contributed by atoms with Crippen LogP contribution in [0.5, 0.6) is 5.75 Å². The Hall–Kier alpha value is -2.58. The highest BCUT2D eigenvalue weighted by molar-refractivity contribution is 5.79. The van der Waals surface area contributed by atoms with Crippen molar-refractivity contribution >= 4 is 17.6 Å². The quantitative estimate of drug-likeness (QED) is 0.450. The molecule has 2 saturated carbocycles. The van der Waals surface area contributed by atoms with Crippen LogP contribution in [0.2, 0.25) is 0 Å². The van der Waals surface area contributed by atoms with Gasteiger partial charge < -0.3 is 24.8 Å². The summed E-state index contributed by atoms with van der Waals surface area (Å²) >= 11 is 0. The lowest BCUT2D eigenvalue weighted by Crippen LogP contribution is -2.81. The molecule has 5 aliphatic rings. The highest BCUT2D eigenvalue weighted by atomic mass is 16.6. The van der Waals surface area contributed by atoms with Crippen molar-refractivity contribution in [1.29, 1.82) is 0 Å². The average Bonchev–Trinajstić information content (AvgIpc) is 3.36. The largest absolute Gasteiger partial charge is 0.497 e. The molecule has 0 bridgehead atoms. The maximum absolute atomic E-state index is 13.0. The number of likely N-dealkylation sites (N-methyl/N-ethyl adjacent to an activating group) is 1. The van der Waals surface area contributed by atoms with Crippen LogP contribution in [0.3, 0.4) is 0 Å². The summed E-state index contributed by atoms with van der Waals surface area (Å²) in [5.41, 5.74) is -0.292. The Morgan fingerprint density at radius 2 is 2.03 bits per heavy atom. The van der Waals surface area contributed by atoms with Gasteiger partial charge in [0.05, 0.1) is 19.7 Å². The molecule has 1 aromatic carbocycles. The number of methoxy groups -OCH3 is 1. The lowest BCUT2D eigenvalue weighted by atomic mass is 9.47. The molecule has 8 heteroatoms. The van der Waals surface area contributed by atoms with Gasteiger partial charge in [-0.1, -0.05) is 31.6 Å². The molecule has 1 saturated heterocycles. The number of nitrogens with zero attached hydrogens (tertiary/aromatic N) is 2. The van der Waals surface area contributed by atoms with Gasteiger partial charge in [0, 0.05) is 55.1 Å². The Bertz CT molecular complexity index is 1150. The van der Waals surface area contributed by atoms with Crippen LogP contribution in [-0.2, 0) is 19.7 Å². The summed E-state index contributed by atoms with van der Waals surface area (Å²) < 4.78 is 11.7. The Morgan fingerprint density at radius 3 is 2.68 bits per heavy atom. The van der Waals surface area contributed by atoms with E-state index in [9.17, 15) is 14.7 Å². The third-order valence-corrected chi connectivity index (χ3v) is 10.2. The fourth-order valence-corrected chi connectivity index (χ4v) is 8.69. The molecule has 8 nitrogen and oxygen atoms in total. The first kappa shape index (κ1) is 24.7. The predicted molar refractivity (Wildman–Crippen MR) is 140 cm³/mol. The molecular weight excluding hydrogens is 470 g/mol. The SMILES string of the molecule is CC[C@]12C=CCN3CC[C@@]4(c5ccc(OC)cc5N(C)[C@H]4C(O)(CNC(=O)C4CCC4)[C@@H]1OC(C)=O)C32. The van der Waals surface area contributed by atoms with Gasteiger partial charge in [0.15, 0.2) is 0 Å². The third-order valence-electron chi connectivity index (χ3n) is 10.2. The number of aliphatic hydroxyl groups is 1. The smallest absolute Gasteiger partial charge is 0.303 e. The van der Waals surface area contributed by atoms with Gasteiger partial charge in [0.1, 0.15) is 17.5 Å². The van der Waals surface area contributed by atoms with E-state index in [1.807, 2.05) is 19.2 Å². The van der Waals surface area contributed by atoms with Gasteiger partial charge in [-0.25, -0.2) is 0 Å². The molecule has 200 valence electrons. The molecule has 0 radical (unpaired) electrons. The van der Waals surface area contributed by atoms with E-state index in [1.165, 1.54) is 12.5 Å². The van der Waals surface area contributed by atoms with Crippen LogP contribution in [0.4, 0.5) is 5.69 Å². The summed E-state index contributed by atoms with van der Waals surface area (Å²) in [5, 5.41) is 16.1. The summed E-state index contributed by atoms with van der Waals surface area (Å²) in [6.45, 7) is 5.29. The minimum Gasteiger partial charge on any atom is -0.497 e. The lowest BCUT2D eigenvalue weighted by Gasteiger charge is -2.64. The first-order valence-electron chi connectivity index (χ1n) is 13.7. The van der Waals surface area contributed by atoms with Gasteiger partial charge >= 0.3 is 5.97 Å². The Labute approximate surface area is 219 Å². The molecule has 3 heterocycles. The minimum absolute atomic E-state index is 0.000486. The van der Waals surface area contributed by atoms with Gasteiger partial charge in [0.25, 0.3) is 0 Å². The van der Waals surface area contributed by atoms with Gasteiger partial charge in [-0.2, -0.15) is 0 Å². The van der Waals surface area contributed by atoms with Crippen LogP contribution in [0.1, 0.15) is 51.5 Å². The van der Waals surface area contributed by atoms with Crippen molar-refractivity contribution in [3.8, 4) is 5.75 Å². The first-order chi connectivity index (χ1) is 17.7. The summed E-state index contributed by atoms with van der Waals surface area (Å²) in [6, 6.07) is 5.87. The number of amides is 1. The molecule has 1 spiro atoms. The zero-order valence-electron chi connectivity index (χ0n) is 22.3. The highest BCUT2D eigenvalue weighted by Gasteiger charge is 2.77. The Kier molecular flexibility index (Phi) is 5.66. The molecule has 6 atom stereocenters. The second-order valence-corrected chi connectivity index (χ2v) is 11.8. The van der Waals surface area contributed by atoms with Crippen molar-refractivity contribution < 1.29 is 24.2 Å². The van der Waals surface area contributed by atoms with Gasteiger partial charge in [-0.15, -0.1) is 0 Å². The van der Waals surface area contributed by atoms with Crippen LogP contribution in [0, 0.1) is 11.3 Å². The Morgan fingerprint density at radius 1 is 1.24 bits per heavy atom. The summed E-state index contributed by atoms with van der Waals surface area (Å²) in [4.78, 5) is 30.3. The van der Waals surface area contributed by atoms with E-state index in [4.69, 9.17) is 9.47 Å².